The maximum Gasteiger partial charge on any atom is 0.145 e. The van der Waals surface area contributed by atoms with E-state index in [9.17, 15) is 8.78 Å². The van der Waals surface area contributed by atoms with Crippen molar-refractivity contribution in [3.63, 3.8) is 0 Å². The second-order valence-electron chi connectivity index (χ2n) is 4.60. The molecule has 0 heterocycles. The lowest BCUT2D eigenvalue weighted by Crippen LogP contribution is -2.28. The van der Waals surface area contributed by atoms with Gasteiger partial charge in [-0.2, -0.15) is 0 Å². The normalized spacial score (nSPS) is 13.2. The second-order valence-corrected chi connectivity index (χ2v) is 5.45. The molecule has 1 atom stereocenters. The molecular formula is C11H15BrClF2N. The average molecular weight is 315 g/mol. The van der Waals surface area contributed by atoms with E-state index in [1.54, 1.807) is 0 Å². The smallest absolute Gasteiger partial charge is 0.145 e. The molecule has 1 aromatic carbocycles. The predicted molar refractivity (Wildman–Crippen MR) is 67.7 cm³/mol. The van der Waals surface area contributed by atoms with Crippen molar-refractivity contribution in [2.45, 2.75) is 26.8 Å². The van der Waals surface area contributed by atoms with Gasteiger partial charge in [0.15, 0.2) is 0 Å². The van der Waals surface area contributed by atoms with E-state index in [0.29, 0.717) is 0 Å². The van der Waals surface area contributed by atoms with E-state index in [0.717, 1.165) is 0 Å². The van der Waals surface area contributed by atoms with Gasteiger partial charge in [0.1, 0.15) is 11.6 Å². The summed E-state index contributed by atoms with van der Waals surface area (Å²) in [4.78, 5) is 0. The number of halogens is 4. The summed E-state index contributed by atoms with van der Waals surface area (Å²) in [5.74, 6) is -1.21. The monoisotopic (exact) mass is 313 g/mol. The number of hydrogen-bond donors (Lipinski definition) is 1. The standard InChI is InChI=1S/C11H14BrF2N.ClH/c1-11(2,3)10(15)8-7(13)5-4-6(12)9(8)14;/h4-5,10H,15H2,1-3H3;1H/t10-;/m0./s1. The van der Waals surface area contributed by atoms with E-state index in [4.69, 9.17) is 5.73 Å². The fourth-order valence-electron chi connectivity index (χ4n) is 1.26. The van der Waals surface area contributed by atoms with E-state index in [1.807, 2.05) is 20.8 Å². The Morgan fingerprint density at radius 1 is 1.25 bits per heavy atom. The van der Waals surface area contributed by atoms with Gasteiger partial charge in [-0.15, -0.1) is 12.4 Å². The van der Waals surface area contributed by atoms with Crippen LogP contribution >= 0.6 is 28.3 Å². The Balaban J connectivity index is 0.00000225. The van der Waals surface area contributed by atoms with Crippen LogP contribution in [0.1, 0.15) is 32.4 Å². The summed E-state index contributed by atoms with van der Waals surface area (Å²) in [7, 11) is 0. The topological polar surface area (TPSA) is 26.0 Å². The van der Waals surface area contributed by atoms with Gasteiger partial charge in [0.25, 0.3) is 0 Å². The molecule has 0 fully saturated rings. The Kier molecular flexibility index (Phi) is 5.36. The van der Waals surface area contributed by atoms with Gasteiger partial charge in [0.05, 0.1) is 4.47 Å². The predicted octanol–water partition coefficient (Wildman–Crippen LogP) is 4.20. The van der Waals surface area contributed by atoms with Gasteiger partial charge >= 0.3 is 0 Å². The van der Waals surface area contributed by atoms with Crippen LogP contribution in [-0.2, 0) is 0 Å². The van der Waals surface area contributed by atoms with Crippen molar-refractivity contribution in [2.75, 3.05) is 0 Å². The molecule has 0 aliphatic rings. The van der Waals surface area contributed by atoms with E-state index in [1.165, 1.54) is 12.1 Å². The Morgan fingerprint density at radius 2 is 1.75 bits per heavy atom. The molecule has 0 saturated heterocycles. The molecule has 92 valence electrons. The first-order valence-electron chi connectivity index (χ1n) is 4.64. The van der Waals surface area contributed by atoms with Crippen molar-refractivity contribution in [1.29, 1.82) is 0 Å². The van der Waals surface area contributed by atoms with Crippen molar-refractivity contribution in [3.8, 4) is 0 Å². The molecule has 16 heavy (non-hydrogen) atoms. The zero-order valence-corrected chi connectivity index (χ0v) is 11.8. The fourth-order valence-corrected chi connectivity index (χ4v) is 1.61. The van der Waals surface area contributed by atoms with Gasteiger partial charge < -0.3 is 5.73 Å². The van der Waals surface area contributed by atoms with Crippen molar-refractivity contribution in [1.82, 2.24) is 0 Å². The van der Waals surface area contributed by atoms with Crippen LogP contribution in [0.2, 0.25) is 0 Å². The molecule has 1 aromatic rings. The maximum atomic E-state index is 13.7. The van der Waals surface area contributed by atoms with Crippen LogP contribution < -0.4 is 5.73 Å². The van der Waals surface area contributed by atoms with Crippen LogP contribution in [0, 0.1) is 17.0 Å². The summed E-state index contributed by atoms with van der Waals surface area (Å²) >= 11 is 3.02. The number of nitrogens with two attached hydrogens (primary N) is 1. The van der Waals surface area contributed by atoms with E-state index >= 15 is 0 Å². The van der Waals surface area contributed by atoms with E-state index in [-0.39, 0.29) is 27.9 Å². The Morgan fingerprint density at radius 3 is 2.19 bits per heavy atom. The highest BCUT2D eigenvalue weighted by atomic mass is 79.9. The van der Waals surface area contributed by atoms with Gasteiger partial charge in [-0.3, -0.25) is 0 Å². The van der Waals surface area contributed by atoms with Crippen LogP contribution in [0.5, 0.6) is 0 Å². The highest BCUT2D eigenvalue weighted by Crippen LogP contribution is 2.35. The van der Waals surface area contributed by atoms with Crippen LogP contribution in [0.15, 0.2) is 16.6 Å². The second kappa shape index (κ2) is 5.43. The summed E-state index contributed by atoms with van der Waals surface area (Å²) in [6, 6.07) is 1.88. The molecular weight excluding hydrogens is 299 g/mol. The molecule has 0 aliphatic carbocycles. The Labute approximate surface area is 109 Å². The number of rotatable bonds is 1. The third kappa shape index (κ3) is 3.15. The minimum atomic E-state index is -0.671. The zero-order valence-electron chi connectivity index (χ0n) is 9.35. The minimum Gasteiger partial charge on any atom is -0.323 e. The summed E-state index contributed by atoms with van der Waals surface area (Å²) in [6.45, 7) is 5.53. The highest BCUT2D eigenvalue weighted by Gasteiger charge is 2.28. The van der Waals surface area contributed by atoms with Crippen molar-refractivity contribution in [2.24, 2.45) is 11.1 Å². The highest BCUT2D eigenvalue weighted by molar-refractivity contribution is 9.10. The van der Waals surface area contributed by atoms with Gasteiger partial charge in [-0.25, -0.2) is 8.78 Å². The first-order chi connectivity index (χ1) is 6.75. The largest absolute Gasteiger partial charge is 0.323 e. The van der Waals surface area contributed by atoms with E-state index in [2.05, 4.69) is 15.9 Å². The van der Waals surface area contributed by atoms with Crippen molar-refractivity contribution < 1.29 is 8.78 Å². The lowest BCUT2D eigenvalue weighted by Gasteiger charge is -2.28. The van der Waals surface area contributed by atoms with E-state index < -0.39 is 17.7 Å². The molecule has 1 nitrogen and oxygen atoms in total. The summed E-state index contributed by atoms with van der Waals surface area (Å²) in [6.07, 6.45) is 0. The number of hydrogen-bond acceptors (Lipinski definition) is 1. The maximum absolute atomic E-state index is 13.7. The molecule has 0 amide bonds. The molecule has 1 rings (SSSR count). The first kappa shape index (κ1) is 15.8. The molecule has 5 heteroatoms. The molecule has 0 spiro atoms. The molecule has 0 aromatic heterocycles. The van der Waals surface area contributed by atoms with Crippen LogP contribution in [0.3, 0.4) is 0 Å². The molecule has 0 radical (unpaired) electrons. The first-order valence-corrected chi connectivity index (χ1v) is 5.43. The van der Waals surface area contributed by atoms with Gasteiger partial charge in [0, 0.05) is 11.6 Å². The van der Waals surface area contributed by atoms with Crippen LogP contribution in [-0.4, -0.2) is 0 Å². The van der Waals surface area contributed by atoms with Gasteiger partial charge in [-0.05, 0) is 33.5 Å². The molecule has 0 aliphatic heterocycles. The van der Waals surface area contributed by atoms with Crippen LogP contribution in [0.25, 0.3) is 0 Å². The SMILES string of the molecule is CC(C)(C)[C@@H](N)c1c(F)ccc(Br)c1F.Cl. The third-order valence-corrected chi connectivity index (χ3v) is 2.94. The quantitative estimate of drug-likeness (QED) is 0.773. The summed E-state index contributed by atoms with van der Waals surface area (Å²) < 4.78 is 27.4. The lowest BCUT2D eigenvalue weighted by atomic mass is 9.82. The zero-order chi connectivity index (χ0) is 11.8. The summed E-state index contributed by atoms with van der Waals surface area (Å²) in [5.41, 5.74) is 5.40. The van der Waals surface area contributed by atoms with Crippen molar-refractivity contribution in [3.05, 3.63) is 33.8 Å². The van der Waals surface area contributed by atoms with Gasteiger partial charge in [-0.1, -0.05) is 20.8 Å². The molecule has 0 bridgehead atoms. The number of benzene rings is 1. The van der Waals surface area contributed by atoms with Gasteiger partial charge in [0.2, 0.25) is 0 Å². The third-order valence-electron chi connectivity index (χ3n) is 2.32. The molecule has 0 unspecified atom stereocenters. The van der Waals surface area contributed by atoms with Crippen molar-refractivity contribution >= 4 is 28.3 Å². The Hall–Kier alpha value is -0.190. The fraction of sp³-hybridized carbons (Fsp3) is 0.455. The Bertz CT molecular complexity index is 377. The molecule has 0 saturated carbocycles. The van der Waals surface area contributed by atoms with Crippen LogP contribution in [0.4, 0.5) is 8.78 Å². The summed E-state index contributed by atoms with van der Waals surface area (Å²) in [5, 5.41) is 0. The lowest BCUT2D eigenvalue weighted by molar-refractivity contribution is 0.310. The molecule has 2 N–H and O–H groups in total. The average Bonchev–Trinajstić information content (AvgIpc) is 2.10. The minimum absolute atomic E-state index is 0.